The van der Waals surface area contributed by atoms with Crippen LogP contribution in [0.4, 0.5) is 23.0 Å². The van der Waals surface area contributed by atoms with E-state index in [1.165, 1.54) is 7.11 Å². The van der Waals surface area contributed by atoms with Crippen molar-refractivity contribution in [3.8, 4) is 0 Å². The number of hydrogen-bond acceptors (Lipinski definition) is 10. The van der Waals surface area contributed by atoms with Crippen LogP contribution < -0.4 is 50.8 Å². The Labute approximate surface area is 374 Å². The molecule has 0 unspecified atom stereocenters. The molecule has 61 heavy (non-hydrogen) atoms. The number of aliphatic carboxylic acids is 1. The molecule has 2 aromatic heterocycles. The van der Waals surface area contributed by atoms with Gasteiger partial charge in [0.15, 0.2) is 11.6 Å². The summed E-state index contributed by atoms with van der Waals surface area (Å²) in [4.78, 5) is 56.2. The SMILES string of the molecule is COC(=O)Cc1ccc(NC(=Nc2cc(C)[nH]n2)NC(=O)c2ccc(C)cc2)cc1.Cc1ccc(C(=O)NC(=Nc2cc(C)[nH]n2)Nc2ccc(CC(=O)O)cc2)cc1.[Na+].[OH-]. The summed E-state index contributed by atoms with van der Waals surface area (Å²) in [6, 6.07) is 32.0. The van der Waals surface area contributed by atoms with Gasteiger partial charge in [-0.3, -0.25) is 40.0 Å². The molecule has 0 radical (unpaired) electrons. The maximum Gasteiger partial charge on any atom is 1.00 e. The number of anilines is 2. The minimum atomic E-state index is -0.896. The van der Waals surface area contributed by atoms with Crippen LogP contribution in [0.1, 0.15) is 54.4 Å². The van der Waals surface area contributed by atoms with E-state index in [1.54, 1.807) is 84.9 Å². The quantitative estimate of drug-likeness (QED) is 0.0456. The standard InChI is InChI=1S/C22H23N5O3.C21H21N5O3.Na.H2O/c1-14-4-8-17(9-5-14)21(29)25-22(24-19-12-15(2)26-27-19)23-18-10-6-16(7-11-18)13-20(28)30-3;1-13-3-7-16(8-4-13)20(29)24-21(23-18-11-14(2)25-26-18)22-17-9-5-15(6-10-17)12-19(27)28;;/h4-12H,13H2,1-3H3,(H3,23,24,25,26,27,29);3-11H,12H2,1-2H3,(H,27,28)(H3,22,23,24,25,26,29);;1H2/q;;+1;/p-1. The van der Waals surface area contributed by atoms with Crippen molar-refractivity contribution >= 4 is 58.7 Å². The fourth-order valence-electron chi connectivity index (χ4n) is 5.19. The first-order valence-corrected chi connectivity index (χ1v) is 18.3. The molecule has 0 fully saturated rings. The van der Waals surface area contributed by atoms with Crippen molar-refractivity contribution in [1.29, 1.82) is 0 Å². The number of H-pyrrole nitrogens is 2. The molecule has 0 spiro atoms. The topological polar surface area (TPSA) is 258 Å². The molecule has 17 nitrogen and oxygen atoms in total. The maximum absolute atomic E-state index is 12.6. The minimum Gasteiger partial charge on any atom is -0.870 e. The van der Waals surface area contributed by atoms with Crippen LogP contribution in [0.2, 0.25) is 0 Å². The molecule has 0 aliphatic carbocycles. The predicted octanol–water partition coefficient (Wildman–Crippen LogP) is 3.28. The molecule has 0 aliphatic heterocycles. The summed E-state index contributed by atoms with van der Waals surface area (Å²) in [7, 11) is 1.36. The third-order valence-corrected chi connectivity index (χ3v) is 8.29. The number of rotatable bonds is 10. The number of aromatic amines is 2. The Bertz CT molecular complexity index is 2450. The van der Waals surface area contributed by atoms with Gasteiger partial charge in [-0.05, 0) is 87.4 Å². The number of nitrogens with zero attached hydrogens (tertiary/aromatic N) is 4. The molecule has 310 valence electrons. The number of nitrogens with one attached hydrogen (secondary N) is 6. The van der Waals surface area contributed by atoms with Gasteiger partial charge in [0.05, 0.1) is 20.0 Å². The Kier molecular flexibility index (Phi) is 18.8. The molecule has 8 N–H and O–H groups in total. The maximum atomic E-state index is 12.6. The van der Waals surface area contributed by atoms with Crippen LogP contribution in [0, 0.1) is 27.7 Å². The predicted molar refractivity (Wildman–Crippen MR) is 227 cm³/mol. The zero-order valence-corrected chi connectivity index (χ0v) is 36.5. The van der Waals surface area contributed by atoms with E-state index in [2.05, 4.69) is 56.4 Å². The second-order valence-corrected chi connectivity index (χ2v) is 13.3. The second-order valence-electron chi connectivity index (χ2n) is 13.3. The van der Waals surface area contributed by atoms with E-state index in [1.807, 2.05) is 52.0 Å². The van der Waals surface area contributed by atoms with Crippen LogP contribution in [0.15, 0.2) is 119 Å². The average Bonchev–Trinajstić information content (AvgIpc) is 3.82. The van der Waals surface area contributed by atoms with Gasteiger partial charge in [-0.15, -0.1) is 0 Å². The minimum absolute atomic E-state index is 0. The van der Waals surface area contributed by atoms with Crippen molar-refractivity contribution in [3.05, 3.63) is 154 Å². The molecule has 6 rings (SSSR count). The number of benzene rings is 4. The summed E-state index contributed by atoms with van der Waals surface area (Å²) in [6.45, 7) is 7.62. The average molecular weight is 837 g/mol. The second kappa shape index (κ2) is 23.6. The van der Waals surface area contributed by atoms with Gasteiger partial charge in [-0.2, -0.15) is 20.2 Å². The van der Waals surface area contributed by atoms with Gasteiger partial charge in [0, 0.05) is 46.0 Å². The van der Waals surface area contributed by atoms with Gasteiger partial charge >= 0.3 is 41.5 Å². The molecular weight excluding hydrogens is 792 g/mol. The van der Waals surface area contributed by atoms with Crippen molar-refractivity contribution in [2.45, 2.75) is 40.5 Å². The molecule has 4 aromatic carbocycles. The number of carbonyl (C=O) groups excluding carboxylic acids is 3. The van der Waals surface area contributed by atoms with E-state index in [4.69, 9.17) is 5.11 Å². The van der Waals surface area contributed by atoms with Gasteiger partial charge in [0.1, 0.15) is 0 Å². The Morgan fingerprint density at radius 2 is 0.984 bits per heavy atom. The van der Waals surface area contributed by atoms with Crippen LogP contribution in [-0.4, -0.2) is 73.8 Å². The molecule has 2 amide bonds. The summed E-state index contributed by atoms with van der Waals surface area (Å²) in [5, 5.41) is 34.3. The molecule has 0 saturated carbocycles. The monoisotopic (exact) mass is 836 g/mol. The van der Waals surface area contributed by atoms with Gasteiger partial charge in [-0.25, -0.2) is 0 Å². The number of esters is 1. The van der Waals surface area contributed by atoms with Crippen molar-refractivity contribution in [1.82, 2.24) is 31.0 Å². The number of carboxylic acids is 1. The molecule has 2 heterocycles. The molecule has 0 bridgehead atoms. The molecular formula is C43H45N10NaO7. The zero-order valence-electron chi connectivity index (χ0n) is 34.5. The summed E-state index contributed by atoms with van der Waals surface area (Å²) in [5.74, 6) is -0.537. The third kappa shape index (κ3) is 16.0. The van der Waals surface area contributed by atoms with Crippen molar-refractivity contribution in [3.63, 3.8) is 0 Å². The number of ether oxygens (including phenoxy) is 1. The van der Waals surface area contributed by atoms with Crippen LogP contribution in [-0.2, 0) is 27.2 Å². The van der Waals surface area contributed by atoms with Crippen molar-refractivity contribution in [2.75, 3.05) is 17.7 Å². The first kappa shape index (κ1) is 48.4. The Hall–Kier alpha value is -6.92. The van der Waals surface area contributed by atoms with E-state index in [0.29, 0.717) is 39.7 Å². The Morgan fingerprint density at radius 3 is 1.31 bits per heavy atom. The van der Waals surface area contributed by atoms with Crippen LogP contribution in [0.25, 0.3) is 0 Å². The van der Waals surface area contributed by atoms with Gasteiger partial charge in [0.25, 0.3) is 11.8 Å². The fourth-order valence-corrected chi connectivity index (χ4v) is 5.19. The van der Waals surface area contributed by atoms with E-state index >= 15 is 0 Å². The molecule has 0 aliphatic rings. The van der Waals surface area contributed by atoms with E-state index < -0.39 is 5.97 Å². The molecule has 0 atom stereocenters. The van der Waals surface area contributed by atoms with Crippen molar-refractivity contribution < 1.29 is 64.1 Å². The summed E-state index contributed by atoms with van der Waals surface area (Å²) < 4.78 is 4.68. The number of amides is 2. The third-order valence-electron chi connectivity index (χ3n) is 8.29. The van der Waals surface area contributed by atoms with Gasteiger partial charge < -0.3 is 26.0 Å². The van der Waals surface area contributed by atoms with Crippen molar-refractivity contribution in [2.24, 2.45) is 9.98 Å². The zero-order chi connectivity index (χ0) is 42.3. The van der Waals surface area contributed by atoms with Crippen LogP contribution in [0.3, 0.4) is 0 Å². The summed E-state index contributed by atoms with van der Waals surface area (Å²) in [6.07, 6.45) is 0.131. The first-order chi connectivity index (χ1) is 28.3. The molecule has 0 saturated heterocycles. The number of aromatic nitrogens is 4. The number of aliphatic imine (C=N–C) groups is 2. The number of hydrogen-bond donors (Lipinski definition) is 7. The number of carbonyl (C=O) groups is 4. The first-order valence-electron chi connectivity index (χ1n) is 18.3. The Morgan fingerprint density at radius 1 is 0.607 bits per heavy atom. The smallest absolute Gasteiger partial charge is 0.870 e. The van der Waals surface area contributed by atoms with E-state index in [-0.39, 0.29) is 77.6 Å². The largest absolute Gasteiger partial charge is 1.00 e. The Balaban J connectivity index is 0.000000315. The molecule has 6 aromatic rings. The number of aryl methyl sites for hydroxylation is 4. The van der Waals surface area contributed by atoms with Gasteiger partial charge in [0.2, 0.25) is 11.9 Å². The van der Waals surface area contributed by atoms with Crippen LogP contribution in [0.5, 0.6) is 0 Å². The number of methoxy groups -OCH3 is 1. The van der Waals surface area contributed by atoms with E-state index in [9.17, 15) is 19.2 Å². The van der Waals surface area contributed by atoms with E-state index in [0.717, 1.165) is 28.1 Å². The summed E-state index contributed by atoms with van der Waals surface area (Å²) in [5.41, 5.74) is 7.66. The molecule has 18 heteroatoms. The number of guanidine groups is 2. The fraction of sp³-hybridized carbons (Fsp3) is 0.163. The normalized spacial score (nSPS) is 10.8. The van der Waals surface area contributed by atoms with Crippen LogP contribution >= 0.6 is 0 Å². The van der Waals surface area contributed by atoms with Gasteiger partial charge in [-0.1, -0.05) is 59.7 Å². The number of carboxylic acid groups (broad SMARTS) is 1. The summed E-state index contributed by atoms with van der Waals surface area (Å²) >= 11 is 0.